The van der Waals surface area contributed by atoms with E-state index in [9.17, 15) is 0 Å². The summed E-state index contributed by atoms with van der Waals surface area (Å²) in [7, 11) is 3.28. The molecular formula is C16H21N3O2. The second-order valence-electron chi connectivity index (χ2n) is 4.61. The summed E-state index contributed by atoms with van der Waals surface area (Å²) in [5.74, 6) is 2.01. The smallest absolute Gasteiger partial charge is 0.128 e. The van der Waals surface area contributed by atoms with Crippen molar-refractivity contribution < 1.29 is 9.47 Å². The fraction of sp³-hybridized carbons (Fsp3) is 0.312. The van der Waals surface area contributed by atoms with E-state index in [1.54, 1.807) is 20.4 Å². The molecule has 5 nitrogen and oxygen atoms in total. The van der Waals surface area contributed by atoms with Gasteiger partial charge in [0.05, 0.1) is 20.3 Å². The summed E-state index contributed by atoms with van der Waals surface area (Å²) < 4.78 is 10.7. The van der Waals surface area contributed by atoms with E-state index in [0.717, 1.165) is 29.2 Å². The summed E-state index contributed by atoms with van der Waals surface area (Å²) >= 11 is 0. The zero-order valence-electron chi connectivity index (χ0n) is 12.6. The molecule has 1 aromatic carbocycles. The summed E-state index contributed by atoms with van der Waals surface area (Å²) in [6.45, 7) is 2.86. The monoisotopic (exact) mass is 287 g/mol. The number of nitrogens with zero attached hydrogens (tertiary/aromatic N) is 1. The van der Waals surface area contributed by atoms with E-state index in [1.807, 2.05) is 30.3 Å². The molecule has 1 unspecified atom stereocenters. The predicted octanol–water partition coefficient (Wildman–Crippen LogP) is 2.38. The lowest BCUT2D eigenvalue weighted by Crippen LogP contribution is -2.23. The van der Waals surface area contributed by atoms with Gasteiger partial charge in [-0.2, -0.15) is 0 Å². The van der Waals surface area contributed by atoms with Crippen molar-refractivity contribution in [3.05, 3.63) is 47.7 Å². The minimum Gasteiger partial charge on any atom is -0.497 e. The third-order valence-corrected chi connectivity index (χ3v) is 3.30. The molecule has 1 aromatic heterocycles. The van der Waals surface area contributed by atoms with E-state index in [1.165, 1.54) is 0 Å². The van der Waals surface area contributed by atoms with Gasteiger partial charge in [0.15, 0.2) is 0 Å². The molecule has 21 heavy (non-hydrogen) atoms. The predicted molar refractivity (Wildman–Crippen MR) is 83.7 cm³/mol. The van der Waals surface area contributed by atoms with E-state index >= 15 is 0 Å². The van der Waals surface area contributed by atoms with Crippen LogP contribution in [0.1, 0.15) is 24.1 Å². The average Bonchev–Trinajstić information content (AvgIpc) is 2.53. The molecule has 112 valence electrons. The number of rotatable bonds is 6. The second-order valence-corrected chi connectivity index (χ2v) is 4.61. The maximum absolute atomic E-state index is 6.02. The summed E-state index contributed by atoms with van der Waals surface area (Å²) in [6.07, 6.45) is 1.69. The van der Waals surface area contributed by atoms with E-state index in [4.69, 9.17) is 15.2 Å². The molecule has 0 aliphatic rings. The SMILES string of the molecule is CCNC(c1cc(OC)cc(OC)c1)c1cccnc1N. The molecule has 0 aliphatic carbocycles. The van der Waals surface area contributed by atoms with Gasteiger partial charge in [0.25, 0.3) is 0 Å². The maximum Gasteiger partial charge on any atom is 0.128 e. The normalized spacial score (nSPS) is 12.0. The van der Waals surface area contributed by atoms with Gasteiger partial charge in [0, 0.05) is 17.8 Å². The van der Waals surface area contributed by atoms with Crippen molar-refractivity contribution in [3.8, 4) is 11.5 Å². The molecule has 0 fully saturated rings. The molecule has 0 saturated heterocycles. The second kappa shape index (κ2) is 6.95. The highest BCUT2D eigenvalue weighted by Gasteiger charge is 2.18. The zero-order chi connectivity index (χ0) is 15.2. The Kier molecular flexibility index (Phi) is 5.00. The third kappa shape index (κ3) is 3.44. The van der Waals surface area contributed by atoms with Gasteiger partial charge in [-0.3, -0.25) is 0 Å². The summed E-state index contributed by atoms with van der Waals surface area (Å²) in [4.78, 5) is 4.17. The molecule has 2 rings (SSSR count). The van der Waals surface area contributed by atoms with Crippen LogP contribution in [0.2, 0.25) is 0 Å². The van der Waals surface area contributed by atoms with E-state index < -0.39 is 0 Å². The van der Waals surface area contributed by atoms with Crippen LogP contribution in [0.15, 0.2) is 36.5 Å². The molecule has 0 aliphatic heterocycles. The number of hydrogen-bond acceptors (Lipinski definition) is 5. The van der Waals surface area contributed by atoms with Crippen LogP contribution >= 0.6 is 0 Å². The van der Waals surface area contributed by atoms with Crippen LogP contribution in [0, 0.1) is 0 Å². The lowest BCUT2D eigenvalue weighted by atomic mass is 9.98. The molecule has 1 heterocycles. The number of methoxy groups -OCH3 is 2. The number of nitrogen functional groups attached to an aromatic ring is 1. The quantitative estimate of drug-likeness (QED) is 0.853. The lowest BCUT2D eigenvalue weighted by molar-refractivity contribution is 0.392. The van der Waals surface area contributed by atoms with Gasteiger partial charge >= 0.3 is 0 Å². The van der Waals surface area contributed by atoms with Crippen molar-refractivity contribution >= 4 is 5.82 Å². The highest BCUT2D eigenvalue weighted by Crippen LogP contribution is 2.31. The zero-order valence-corrected chi connectivity index (χ0v) is 12.6. The minimum atomic E-state index is -0.0623. The van der Waals surface area contributed by atoms with Crippen molar-refractivity contribution in [2.75, 3.05) is 26.5 Å². The molecule has 0 saturated carbocycles. The van der Waals surface area contributed by atoms with Gasteiger partial charge in [-0.1, -0.05) is 13.0 Å². The van der Waals surface area contributed by atoms with E-state index in [-0.39, 0.29) is 6.04 Å². The number of hydrogen-bond donors (Lipinski definition) is 2. The summed E-state index contributed by atoms with van der Waals surface area (Å²) in [6, 6.07) is 9.59. The van der Waals surface area contributed by atoms with Gasteiger partial charge in [0.2, 0.25) is 0 Å². The molecular weight excluding hydrogens is 266 g/mol. The fourth-order valence-corrected chi connectivity index (χ4v) is 2.28. The number of nitrogens with two attached hydrogens (primary N) is 1. The van der Waals surface area contributed by atoms with Gasteiger partial charge in [0.1, 0.15) is 17.3 Å². The number of ether oxygens (including phenoxy) is 2. The van der Waals surface area contributed by atoms with Crippen molar-refractivity contribution in [1.82, 2.24) is 10.3 Å². The Morgan fingerprint density at radius 2 is 1.86 bits per heavy atom. The Hall–Kier alpha value is -2.27. The van der Waals surface area contributed by atoms with Gasteiger partial charge in [-0.25, -0.2) is 4.98 Å². The van der Waals surface area contributed by atoms with Crippen molar-refractivity contribution in [2.45, 2.75) is 13.0 Å². The van der Waals surface area contributed by atoms with Crippen LogP contribution < -0.4 is 20.5 Å². The minimum absolute atomic E-state index is 0.0623. The molecule has 0 spiro atoms. The van der Waals surface area contributed by atoms with Crippen LogP contribution in [0.4, 0.5) is 5.82 Å². The third-order valence-electron chi connectivity index (χ3n) is 3.30. The molecule has 5 heteroatoms. The highest BCUT2D eigenvalue weighted by atomic mass is 16.5. The van der Waals surface area contributed by atoms with Crippen LogP contribution in [-0.4, -0.2) is 25.7 Å². The number of pyridine rings is 1. The molecule has 0 radical (unpaired) electrons. The first kappa shape index (κ1) is 15.1. The average molecular weight is 287 g/mol. The highest BCUT2D eigenvalue weighted by molar-refractivity contribution is 5.49. The van der Waals surface area contributed by atoms with Gasteiger partial charge in [-0.15, -0.1) is 0 Å². The maximum atomic E-state index is 6.02. The Morgan fingerprint density at radius 1 is 1.19 bits per heavy atom. The topological polar surface area (TPSA) is 69.4 Å². The van der Waals surface area contributed by atoms with E-state index in [0.29, 0.717) is 5.82 Å². The molecule has 0 amide bonds. The van der Waals surface area contributed by atoms with Crippen LogP contribution in [0.5, 0.6) is 11.5 Å². The van der Waals surface area contributed by atoms with Crippen LogP contribution in [0.25, 0.3) is 0 Å². The number of aromatic nitrogens is 1. The Morgan fingerprint density at radius 3 is 2.38 bits per heavy atom. The largest absolute Gasteiger partial charge is 0.497 e. The summed E-state index contributed by atoms with van der Waals surface area (Å²) in [5.41, 5.74) is 7.98. The number of nitrogens with one attached hydrogen (secondary N) is 1. The molecule has 0 bridgehead atoms. The lowest BCUT2D eigenvalue weighted by Gasteiger charge is -2.21. The Bertz CT molecular complexity index is 580. The van der Waals surface area contributed by atoms with Gasteiger partial charge < -0.3 is 20.5 Å². The number of benzene rings is 1. The molecule has 1 atom stereocenters. The van der Waals surface area contributed by atoms with Crippen molar-refractivity contribution in [3.63, 3.8) is 0 Å². The van der Waals surface area contributed by atoms with Crippen LogP contribution in [0.3, 0.4) is 0 Å². The van der Waals surface area contributed by atoms with Crippen molar-refractivity contribution in [2.24, 2.45) is 0 Å². The first-order chi connectivity index (χ1) is 10.2. The van der Waals surface area contributed by atoms with Gasteiger partial charge in [-0.05, 0) is 30.3 Å². The Balaban J connectivity index is 2.50. The fourth-order valence-electron chi connectivity index (χ4n) is 2.28. The number of anilines is 1. The summed E-state index contributed by atoms with van der Waals surface area (Å²) in [5, 5.41) is 3.43. The molecule has 2 aromatic rings. The first-order valence-corrected chi connectivity index (χ1v) is 6.86. The van der Waals surface area contributed by atoms with E-state index in [2.05, 4.69) is 17.2 Å². The first-order valence-electron chi connectivity index (χ1n) is 6.86. The van der Waals surface area contributed by atoms with Crippen molar-refractivity contribution in [1.29, 1.82) is 0 Å². The van der Waals surface area contributed by atoms with Crippen LogP contribution in [-0.2, 0) is 0 Å². The standard InChI is InChI=1S/C16H21N3O2/c1-4-18-15(14-6-5-7-19-16(14)17)11-8-12(20-2)10-13(9-11)21-3/h5-10,15,18H,4H2,1-3H3,(H2,17,19). The Labute approximate surface area is 125 Å². The molecule has 3 N–H and O–H groups in total.